The van der Waals surface area contributed by atoms with Crippen molar-refractivity contribution in [1.29, 1.82) is 5.26 Å². The van der Waals surface area contributed by atoms with Gasteiger partial charge in [0.15, 0.2) is 0 Å². The molecule has 0 bridgehead atoms. The van der Waals surface area contributed by atoms with Crippen molar-refractivity contribution >= 4 is 11.6 Å². The van der Waals surface area contributed by atoms with E-state index < -0.39 is 5.82 Å². The van der Waals surface area contributed by atoms with E-state index in [9.17, 15) is 8.78 Å². The highest BCUT2D eigenvalue weighted by Crippen LogP contribution is 2.20. The number of halogens is 2. The molecule has 0 atom stereocenters. The highest BCUT2D eigenvalue weighted by molar-refractivity contribution is 5.57. The van der Waals surface area contributed by atoms with Crippen LogP contribution in [0.5, 0.6) is 11.6 Å². The van der Waals surface area contributed by atoms with E-state index in [1.807, 2.05) is 6.07 Å². The number of aromatic nitrogens is 2. The van der Waals surface area contributed by atoms with Crippen LogP contribution < -0.4 is 15.4 Å². The Morgan fingerprint density at radius 3 is 2.56 bits per heavy atom. The number of benzene rings is 2. The molecule has 0 radical (unpaired) electrons. The van der Waals surface area contributed by atoms with Crippen LogP contribution in [0.25, 0.3) is 0 Å². The monoisotopic (exact) mass is 367 g/mol. The molecule has 0 saturated heterocycles. The lowest BCUT2D eigenvalue weighted by molar-refractivity contribution is 0.460. The number of hydrogen-bond acceptors (Lipinski definition) is 6. The summed E-state index contributed by atoms with van der Waals surface area (Å²) in [4.78, 5) is 8.29. The number of nitriles is 1. The Morgan fingerprint density at radius 1 is 1.00 bits per heavy atom. The van der Waals surface area contributed by atoms with Gasteiger partial charge >= 0.3 is 0 Å². The standard InChI is InChI=1S/C19H15F2N5O/c20-13-4-6-14(7-5-13)27-18-8-9-24-19(26-18)25-11-10-23-17-3-1-2-16(21)15(17)12-22/h1-9,23H,10-11H2,(H,24,25,26). The fourth-order valence-corrected chi connectivity index (χ4v) is 2.26. The number of hydrogen-bond donors (Lipinski definition) is 2. The Hall–Kier alpha value is -3.73. The van der Waals surface area contributed by atoms with Crippen LogP contribution in [0.3, 0.4) is 0 Å². The van der Waals surface area contributed by atoms with Crippen LogP contribution in [-0.2, 0) is 0 Å². The molecule has 0 spiro atoms. The van der Waals surface area contributed by atoms with E-state index in [1.54, 1.807) is 12.1 Å². The number of anilines is 2. The summed E-state index contributed by atoms with van der Waals surface area (Å²) in [6.07, 6.45) is 1.53. The zero-order valence-electron chi connectivity index (χ0n) is 14.1. The van der Waals surface area contributed by atoms with Crippen LogP contribution >= 0.6 is 0 Å². The maximum Gasteiger partial charge on any atom is 0.226 e. The van der Waals surface area contributed by atoms with E-state index in [2.05, 4.69) is 20.6 Å². The average molecular weight is 367 g/mol. The fraction of sp³-hybridized carbons (Fsp3) is 0.105. The SMILES string of the molecule is N#Cc1c(F)cccc1NCCNc1nccc(Oc2ccc(F)cc2)n1. The maximum absolute atomic E-state index is 13.5. The molecule has 0 fully saturated rings. The van der Waals surface area contributed by atoms with E-state index >= 15 is 0 Å². The number of nitrogens with zero attached hydrogens (tertiary/aromatic N) is 3. The Balaban J connectivity index is 1.54. The van der Waals surface area contributed by atoms with Gasteiger partial charge in [-0.2, -0.15) is 10.2 Å². The normalized spacial score (nSPS) is 10.1. The first-order chi connectivity index (χ1) is 13.2. The second-order valence-corrected chi connectivity index (χ2v) is 5.40. The van der Waals surface area contributed by atoms with E-state index in [4.69, 9.17) is 10.00 Å². The first kappa shape index (κ1) is 18.1. The molecular weight excluding hydrogens is 352 g/mol. The van der Waals surface area contributed by atoms with Gasteiger partial charge in [0.2, 0.25) is 11.8 Å². The molecule has 2 aromatic carbocycles. The molecule has 6 nitrogen and oxygen atoms in total. The third-order valence-electron chi connectivity index (χ3n) is 3.52. The molecular formula is C19H15F2N5O. The third kappa shape index (κ3) is 4.89. The Kier molecular flexibility index (Phi) is 5.74. The van der Waals surface area contributed by atoms with Gasteiger partial charge < -0.3 is 15.4 Å². The predicted octanol–water partition coefficient (Wildman–Crippen LogP) is 3.94. The largest absolute Gasteiger partial charge is 0.439 e. The zero-order chi connectivity index (χ0) is 19.1. The Bertz CT molecular complexity index is 957. The molecule has 0 unspecified atom stereocenters. The minimum atomic E-state index is -0.565. The second-order valence-electron chi connectivity index (χ2n) is 5.40. The predicted molar refractivity (Wildman–Crippen MR) is 96.6 cm³/mol. The Labute approximate surface area is 154 Å². The second kappa shape index (κ2) is 8.58. The van der Waals surface area contributed by atoms with E-state index in [0.717, 1.165) is 0 Å². The molecule has 8 heteroatoms. The third-order valence-corrected chi connectivity index (χ3v) is 3.52. The quantitative estimate of drug-likeness (QED) is 0.616. The summed E-state index contributed by atoms with van der Waals surface area (Å²) in [7, 11) is 0. The zero-order valence-corrected chi connectivity index (χ0v) is 14.1. The molecule has 1 heterocycles. The van der Waals surface area contributed by atoms with Crippen molar-refractivity contribution in [3.05, 3.63) is 71.9 Å². The molecule has 0 aliphatic rings. The summed E-state index contributed by atoms with van der Waals surface area (Å²) in [6.45, 7) is 0.853. The van der Waals surface area contributed by atoms with E-state index in [1.165, 1.54) is 42.6 Å². The van der Waals surface area contributed by atoms with Gasteiger partial charge in [-0.15, -0.1) is 0 Å². The number of nitrogens with one attached hydrogen (secondary N) is 2. The molecule has 27 heavy (non-hydrogen) atoms. The minimum Gasteiger partial charge on any atom is -0.439 e. The van der Waals surface area contributed by atoms with Gasteiger partial charge in [-0.05, 0) is 36.4 Å². The van der Waals surface area contributed by atoms with Gasteiger partial charge in [0.1, 0.15) is 29.0 Å². The van der Waals surface area contributed by atoms with Gasteiger partial charge in [0.25, 0.3) is 0 Å². The van der Waals surface area contributed by atoms with Gasteiger partial charge in [-0.25, -0.2) is 13.8 Å². The van der Waals surface area contributed by atoms with Crippen molar-refractivity contribution in [2.75, 3.05) is 23.7 Å². The van der Waals surface area contributed by atoms with Gasteiger partial charge in [-0.1, -0.05) is 6.07 Å². The van der Waals surface area contributed by atoms with E-state index in [-0.39, 0.29) is 11.4 Å². The molecule has 3 rings (SSSR count). The highest BCUT2D eigenvalue weighted by atomic mass is 19.1. The van der Waals surface area contributed by atoms with Crippen molar-refractivity contribution in [3.63, 3.8) is 0 Å². The summed E-state index contributed by atoms with van der Waals surface area (Å²) < 4.78 is 32.0. The topological polar surface area (TPSA) is 82.9 Å². The lowest BCUT2D eigenvalue weighted by Gasteiger charge is -2.10. The fourth-order valence-electron chi connectivity index (χ4n) is 2.26. The highest BCUT2D eigenvalue weighted by Gasteiger charge is 2.07. The molecule has 2 N–H and O–H groups in total. The van der Waals surface area contributed by atoms with Crippen molar-refractivity contribution in [3.8, 4) is 17.7 Å². The smallest absolute Gasteiger partial charge is 0.226 e. The lowest BCUT2D eigenvalue weighted by atomic mass is 10.2. The van der Waals surface area contributed by atoms with Crippen molar-refractivity contribution in [1.82, 2.24) is 9.97 Å². The van der Waals surface area contributed by atoms with Crippen LogP contribution in [0, 0.1) is 23.0 Å². The molecule has 136 valence electrons. The van der Waals surface area contributed by atoms with Crippen LogP contribution in [0.4, 0.5) is 20.4 Å². The number of rotatable bonds is 7. The molecule has 0 saturated carbocycles. The summed E-state index contributed by atoms with van der Waals surface area (Å²) in [6, 6.07) is 13.4. The molecule has 1 aromatic heterocycles. The maximum atomic E-state index is 13.5. The van der Waals surface area contributed by atoms with Crippen molar-refractivity contribution < 1.29 is 13.5 Å². The molecule has 0 amide bonds. The van der Waals surface area contributed by atoms with Gasteiger partial charge in [-0.3, -0.25) is 0 Å². The first-order valence-electron chi connectivity index (χ1n) is 8.08. The average Bonchev–Trinajstić information content (AvgIpc) is 2.67. The van der Waals surface area contributed by atoms with Crippen LogP contribution in [0.15, 0.2) is 54.7 Å². The van der Waals surface area contributed by atoms with Gasteiger partial charge in [0.05, 0.1) is 5.69 Å². The van der Waals surface area contributed by atoms with Crippen molar-refractivity contribution in [2.45, 2.75) is 0 Å². The lowest BCUT2D eigenvalue weighted by Crippen LogP contribution is -2.16. The number of ether oxygens (including phenoxy) is 1. The molecule has 3 aromatic rings. The summed E-state index contributed by atoms with van der Waals surface area (Å²) in [5, 5.41) is 15.0. The first-order valence-corrected chi connectivity index (χ1v) is 8.08. The minimum absolute atomic E-state index is 0.0246. The van der Waals surface area contributed by atoms with E-state index in [0.29, 0.717) is 36.4 Å². The molecule has 0 aliphatic heterocycles. The summed E-state index contributed by atoms with van der Waals surface area (Å²) >= 11 is 0. The van der Waals surface area contributed by atoms with Crippen molar-refractivity contribution in [2.24, 2.45) is 0 Å². The molecule has 0 aliphatic carbocycles. The summed E-state index contributed by atoms with van der Waals surface area (Å²) in [5.41, 5.74) is 0.400. The van der Waals surface area contributed by atoms with Crippen LogP contribution in [-0.4, -0.2) is 23.1 Å². The Morgan fingerprint density at radius 2 is 1.78 bits per heavy atom. The summed E-state index contributed by atoms with van der Waals surface area (Å²) in [5.74, 6) is 0.195. The van der Waals surface area contributed by atoms with Crippen LogP contribution in [0.2, 0.25) is 0 Å². The van der Waals surface area contributed by atoms with Crippen LogP contribution in [0.1, 0.15) is 5.56 Å². The van der Waals surface area contributed by atoms with Gasteiger partial charge in [0, 0.05) is 25.4 Å².